The van der Waals surface area contributed by atoms with Crippen molar-refractivity contribution in [1.29, 1.82) is 0 Å². The molecule has 0 saturated carbocycles. The standard InChI is InChI=1S/C21H26N2/c1-5-23-20-12-11-17(15-22-18-9-7-6-8-10-18)13-19(20)16(2)14-21(23,3)4/h6-13,15-16H,5,14H2,1-4H3. The molecule has 1 aliphatic rings. The molecule has 1 unspecified atom stereocenters. The minimum absolute atomic E-state index is 0.223. The number of hydrogen-bond acceptors (Lipinski definition) is 2. The second-order valence-corrected chi connectivity index (χ2v) is 7.07. The molecule has 0 radical (unpaired) electrons. The molecule has 1 atom stereocenters. The number of rotatable bonds is 3. The molecule has 2 aromatic rings. The van der Waals surface area contributed by atoms with Crippen molar-refractivity contribution < 1.29 is 0 Å². The molecule has 0 aromatic heterocycles. The zero-order chi connectivity index (χ0) is 16.4. The van der Waals surface area contributed by atoms with Gasteiger partial charge in [0.15, 0.2) is 0 Å². The van der Waals surface area contributed by atoms with Crippen LogP contribution < -0.4 is 4.90 Å². The Kier molecular flexibility index (Phi) is 4.25. The van der Waals surface area contributed by atoms with Gasteiger partial charge < -0.3 is 4.90 Å². The van der Waals surface area contributed by atoms with Crippen LogP contribution in [0.1, 0.15) is 51.2 Å². The third-order valence-corrected chi connectivity index (χ3v) is 4.84. The molecule has 0 spiro atoms. The first-order chi connectivity index (χ1) is 11.0. The molecule has 120 valence electrons. The molecule has 1 heterocycles. The van der Waals surface area contributed by atoms with Crippen molar-refractivity contribution in [3.8, 4) is 0 Å². The van der Waals surface area contributed by atoms with E-state index in [-0.39, 0.29) is 5.54 Å². The van der Waals surface area contributed by atoms with Crippen LogP contribution in [-0.4, -0.2) is 18.3 Å². The van der Waals surface area contributed by atoms with Gasteiger partial charge in [0.25, 0.3) is 0 Å². The maximum absolute atomic E-state index is 4.58. The number of para-hydroxylation sites is 1. The van der Waals surface area contributed by atoms with Gasteiger partial charge in [-0.1, -0.05) is 31.2 Å². The van der Waals surface area contributed by atoms with Gasteiger partial charge in [-0.15, -0.1) is 0 Å². The zero-order valence-corrected chi connectivity index (χ0v) is 14.6. The van der Waals surface area contributed by atoms with Crippen LogP contribution in [0.2, 0.25) is 0 Å². The Hall–Kier alpha value is -2.09. The summed E-state index contributed by atoms with van der Waals surface area (Å²) in [4.78, 5) is 7.11. The fourth-order valence-corrected chi connectivity index (χ4v) is 3.85. The fourth-order valence-electron chi connectivity index (χ4n) is 3.85. The Balaban J connectivity index is 1.93. The molecule has 3 rings (SSSR count). The van der Waals surface area contributed by atoms with Crippen molar-refractivity contribution in [3.63, 3.8) is 0 Å². The highest BCUT2D eigenvalue weighted by molar-refractivity contribution is 5.83. The highest BCUT2D eigenvalue weighted by atomic mass is 15.2. The van der Waals surface area contributed by atoms with Crippen LogP contribution in [-0.2, 0) is 0 Å². The van der Waals surface area contributed by atoms with Crippen molar-refractivity contribution >= 4 is 17.6 Å². The lowest BCUT2D eigenvalue weighted by Gasteiger charge is -2.47. The Morgan fingerprint density at radius 2 is 1.91 bits per heavy atom. The summed E-state index contributed by atoms with van der Waals surface area (Å²) in [5.41, 5.74) is 5.22. The molecule has 23 heavy (non-hydrogen) atoms. The highest BCUT2D eigenvalue weighted by Crippen LogP contribution is 2.43. The molecular weight excluding hydrogens is 280 g/mol. The Bertz CT molecular complexity index is 701. The van der Waals surface area contributed by atoms with E-state index in [0.29, 0.717) is 5.92 Å². The summed E-state index contributed by atoms with van der Waals surface area (Å²) in [5.74, 6) is 0.577. The first-order valence-electron chi connectivity index (χ1n) is 8.52. The number of hydrogen-bond donors (Lipinski definition) is 0. The van der Waals surface area contributed by atoms with Gasteiger partial charge in [0.1, 0.15) is 0 Å². The number of aliphatic imine (C=N–C) groups is 1. The predicted octanol–water partition coefficient (Wildman–Crippen LogP) is 5.55. The maximum atomic E-state index is 4.58. The van der Waals surface area contributed by atoms with Crippen LogP contribution >= 0.6 is 0 Å². The Morgan fingerprint density at radius 1 is 1.17 bits per heavy atom. The lowest BCUT2D eigenvalue weighted by molar-refractivity contribution is 0.381. The summed E-state index contributed by atoms with van der Waals surface area (Å²) in [6.07, 6.45) is 3.16. The lowest BCUT2D eigenvalue weighted by atomic mass is 9.79. The molecule has 0 saturated heterocycles. The predicted molar refractivity (Wildman–Crippen MR) is 100 cm³/mol. The summed E-state index contributed by atoms with van der Waals surface area (Å²) in [6.45, 7) is 10.3. The topological polar surface area (TPSA) is 15.6 Å². The molecule has 2 heteroatoms. The zero-order valence-electron chi connectivity index (χ0n) is 14.6. The number of nitrogens with zero attached hydrogens (tertiary/aromatic N) is 2. The van der Waals surface area contributed by atoms with E-state index in [4.69, 9.17) is 0 Å². The van der Waals surface area contributed by atoms with E-state index in [0.717, 1.165) is 12.2 Å². The monoisotopic (exact) mass is 306 g/mol. The van der Waals surface area contributed by atoms with E-state index in [1.54, 1.807) is 0 Å². The van der Waals surface area contributed by atoms with Crippen molar-refractivity contribution in [2.75, 3.05) is 11.4 Å². The van der Waals surface area contributed by atoms with Crippen molar-refractivity contribution in [2.45, 2.75) is 45.6 Å². The molecule has 2 aromatic carbocycles. The third-order valence-electron chi connectivity index (χ3n) is 4.84. The quantitative estimate of drug-likeness (QED) is 0.679. The van der Waals surface area contributed by atoms with Gasteiger partial charge in [0.2, 0.25) is 0 Å². The number of anilines is 1. The van der Waals surface area contributed by atoms with Crippen LogP contribution in [0.3, 0.4) is 0 Å². The van der Waals surface area contributed by atoms with E-state index >= 15 is 0 Å². The summed E-state index contributed by atoms with van der Waals surface area (Å²) >= 11 is 0. The summed E-state index contributed by atoms with van der Waals surface area (Å²) in [7, 11) is 0. The second kappa shape index (κ2) is 6.19. The second-order valence-electron chi connectivity index (χ2n) is 7.07. The average Bonchev–Trinajstić information content (AvgIpc) is 2.54. The molecular formula is C21H26N2. The van der Waals surface area contributed by atoms with Gasteiger partial charge in [0.05, 0.1) is 5.69 Å². The first kappa shape index (κ1) is 15.8. The van der Waals surface area contributed by atoms with Crippen molar-refractivity contribution in [2.24, 2.45) is 4.99 Å². The SMILES string of the molecule is CCN1c2ccc(C=Nc3ccccc3)cc2C(C)CC1(C)C. The smallest absolute Gasteiger partial charge is 0.0629 e. The molecule has 1 aliphatic heterocycles. The van der Waals surface area contributed by atoms with Crippen LogP contribution in [0.4, 0.5) is 11.4 Å². The first-order valence-corrected chi connectivity index (χ1v) is 8.52. The Morgan fingerprint density at radius 3 is 2.61 bits per heavy atom. The molecule has 0 fully saturated rings. The largest absolute Gasteiger partial charge is 0.366 e. The maximum Gasteiger partial charge on any atom is 0.0629 e. The Labute approximate surface area is 139 Å². The third kappa shape index (κ3) is 3.17. The minimum atomic E-state index is 0.223. The van der Waals surface area contributed by atoms with E-state index in [9.17, 15) is 0 Å². The van der Waals surface area contributed by atoms with Gasteiger partial charge >= 0.3 is 0 Å². The highest BCUT2D eigenvalue weighted by Gasteiger charge is 2.35. The van der Waals surface area contributed by atoms with Crippen molar-refractivity contribution in [3.05, 3.63) is 59.7 Å². The number of benzene rings is 2. The lowest BCUT2D eigenvalue weighted by Crippen LogP contribution is -2.48. The van der Waals surface area contributed by atoms with E-state index < -0.39 is 0 Å². The average molecular weight is 306 g/mol. The summed E-state index contributed by atoms with van der Waals surface area (Å²) in [5, 5.41) is 0. The molecule has 2 nitrogen and oxygen atoms in total. The van der Waals surface area contributed by atoms with Crippen LogP contribution in [0.25, 0.3) is 0 Å². The van der Waals surface area contributed by atoms with Crippen LogP contribution in [0.5, 0.6) is 0 Å². The van der Waals surface area contributed by atoms with E-state index in [1.165, 1.54) is 23.2 Å². The van der Waals surface area contributed by atoms with Crippen molar-refractivity contribution in [1.82, 2.24) is 0 Å². The number of fused-ring (bicyclic) bond motifs is 1. The molecule has 0 bridgehead atoms. The normalized spacial score (nSPS) is 19.8. The van der Waals surface area contributed by atoms with E-state index in [2.05, 4.69) is 55.8 Å². The van der Waals surface area contributed by atoms with Gasteiger partial charge in [-0.05, 0) is 68.5 Å². The molecule has 0 amide bonds. The van der Waals surface area contributed by atoms with E-state index in [1.807, 2.05) is 36.5 Å². The van der Waals surface area contributed by atoms with Crippen LogP contribution in [0.15, 0.2) is 53.5 Å². The van der Waals surface area contributed by atoms with Crippen LogP contribution in [0, 0.1) is 0 Å². The van der Waals surface area contributed by atoms with Gasteiger partial charge in [-0.2, -0.15) is 0 Å². The molecule has 0 aliphatic carbocycles. The van der Waals surface area contributed by atoms with Gasteiger partial charge in [-0.3, -0.25) is 4.99 Å². The molecule has 0 N–H and O–H groups in total. The summed E-state index contributed by atoms with van der Waals surface area (Å²) in [6, 6.07) is 16.9. The van der Waals surface area contributed by atoms with Gasteiger partial charge in [0, 0.05) is 24.0 Å². The fraction of sp³-hybridized carbons (Fsp3) is 0.381. The minimum Gasteiger partial charge on any atom is -0.366 e. The summed E-state index contributed by atoms with van der Waals surface area (Å²) < 4.78 is 0. The van der Waals surface area contributed by atoms with Gasteiger partial charge in [-0.25, -0.2) is 0 Å².